The summed E-state index contributed by atoms with van der Waals surface area (Å²) in [5.41, 5.74) is 0.941. The van der Waals surface area contributed by atoms with E-state index in [9.17, 15) is 23.1 Å². The number of nitrogens with zero attached hydrogens (tertiary/aromatic N) is 1. The normalized spacial score (nSPS) is 19.3. The van der Waals surface area contributed by atoms with Crippen molar-refractivity contribution in [3.05, 3.63) is 29.3 Å². The first-order valence-electron chi connectivity index (χ1n) is 7.23. The first-order valence-corrected chi connectivity index (χ1v) is 9.05. The average Bonchev–Trinajstić information content (AvgIpc) is 2.76. The lowest BCUT2D eigenvalue weighted by Gasteiger charge is -2.19. The van der Waals surface area contributed by atoms with Crippen LogP contribution in [-0.2, 0) is 14.6 Å². The zero-order chi connectivity index (χ0) is 17.2. The number of amides is 2. The Morgan fingerprint density at radius 2 is 2.09 bits per heavy atom. The number of likely N-dealkylation sites (N-methyl/N-ethyl adjacent to an activating group) is 1. The van der Waals surface area contributed by atoms with Crippen LogP contribution in [0.5, 0.6) is 5.75 Å². The first-order chi connectivity index (χ1) is 10.7. The molecule has 1 atom stereocenters. The summed E-state index contributed by atoms with van der Waals surface area (Å²) < 4.78 is 22.7. The number of aryl methyl sites for hydroxylation is 1. The Morgan fingerprint density at radius 3 is 2.65 bits per heavy atom. The molecule has 2 N–H and O–H groups in total. The lowest BCUT2D eigenvalue weighted by atomic mass is 10.1. The molecule has 1 unspecified atom stereocenters. The summed E-state index contributed by atoms with van der Waals surface area (Å²) in [6.07, 6.45) is 0.393. The summed E-state index contributed by atoms with van der Waals surface area (Å²) in [6.45, 7) is 1.59. The van der Waals surface area contributed by atoms with Crippen LogP contribution in [0.4, 0.5) is 0 Å². The molecule has 1 aromatic rings. The predicted molar refractivity (Wildman–Crippen MR) is 85.0 cm³/mol. The fourth-order valence-electron chi connectivity index (χ4n) is 2.50. The standard InChI is InChI=1S/C15H20N2O5S/c1-10-3-4-12(13(18)7-10)15(20)17(2)8-14(19)16-11-5-6-23(21,22)9-11/h3-4,7,11,18H,5-6,8-9H2,1-2H3,(H,16,19). The van der Waals surface area contributed by atoms with Crippen LogP contribution in [0.3, 0.4) is 0 Å². The SMILES string of the molecule is Cc1ccc(C(=O)N(C)CC(=O)NC2CCS(=O)(=O)C2)c(O)c1. The number of nitrogens with one attached hydrogen (secondary N) is 1. The molecule has 0 bridgehead atoms. The third-order valence-corrected chi connectivity index (χ3v) is 5.48. The summed E-state index contributed by atoms with van der Waals surface area (Å²) in [7, 11) is -1.62. The van der Waals surface area contributed by atoms with Crippen LogP contribution in [-0.4, -0.2) is 61.4 Å². The summed E-state index contributed by atoms with van der Waals surface area (Å²) in [5.74, 6) is -1.02. The molecule has 1 saturated heterocycles. The van der Waals surface area contributed by atoms with Gasteiger partial charge in [0.1, 0.15) is 5.75 Å². The third-order valence-electron chi connectivity index (χ3n) is 3.71. The van der Waals surface area contributed by atoms with Gasteiger partial charge in [-0.1, -0.05) is 6.07 Å². The second-order valence-electron chi connectivity index (χ2n) is 5.85. The number of phenols is 1. The molecule has 0 radical (unpaired) electrons. The number of aromatic hydroxyl groups is 1. The van der Waals surface area contributed by atoms with Gasteiger partial charge in [-0.3, -0.25) is 9.59 Å². The van der Waals surface area contributed by atoms with Crippen molar-refractivity contribution in [1.82, 2.24) is 10.2 Å². The van der Waals surface area contributed by atoms with E-state index in [-0.39, 0.29) is 29.4 Å². The molecule has 1 aliphatic rings. The molecular formula is C15H20N2O5S. The molecule has 7 nitrogen and oxygen atoms in total. The van der Waals surface area contributed by atoms with E-state index < -0.39 is 27.7 Å². The molecule has 1 aliphatic heterocycles. The van der Waals surface area contributed by atoms with Crippen molar-refractivity contribution in [2.24, 2.45) is 0 Å². The van der Waals surface area contributed by atoms with Gasteiger partial charge in [-0.15, -0.1) is 0 Å². The van der Waals surface area contributed by atoms with Crippen molar-refractivity contribution in [3.63, 3.8) is 0 Å². The van der Waals surface area contributed by atoms with Crippen molar-refractivity contribution in [3.8, 4) is 5.75 Å². The van der Waals surface area contributed by atoms with Crippen LogP contribution in [0.2, 0.25) is 0 Å². The Balaban J connectivity index is 1.94. The Morgan fingerprint density at radius 1 is 1.39 bits per heavy atom. The maximum absolute atomic E-state index is 12.2. The van der Waals surface area contributed by atoms with Crippen LogP contribution >= 0.6 is 0 Å². The summed E-state index contributed by atoms with van der Waals surface area (Å²) in [5, 5.41) is 12.4. The van der Waals surface area contributed by atoms with E-state index in [2.05, 4.69) is 5.32 Å². The van der Waals surface area contributed by atoms with Crippen LogP contribution in [0.25, 0.3) is 0 Å². The molecule has 2 rings (SSSR count). The lowest BCUT2D eigenvalue weighted by Crippen LogP contribution is -2.43. The molecular weight excluding hydrogens is 320 g/mol. The monoisotopic (exact) mass is 340 g/mol. The molecule has 1 aromatic carbocycles. The van der Waals surface area contributed by atoms with Crippen molar-refractivity contribution in [2.75, 3.05) is 25.1 Å². The number of hydrogen-bond donors (Lipinski definition) is 2. The molecule has 0 aliphatic carbocycles. The average molecular weight is 340 g/mol. The minimum atomic E-state index is -3.07. The van der Waals surface area contributed by atoms with Gasteiger partial charge in [0, 0.05) is 13.1 Å². The molecule has 23 heavy (non-hydrogen) atoms. The van der Waals surface area contributed by atoms with Gasteiger partial charge in [0.2, 0.25) is 5.91 Å². The summed E-state index contributed by atoms with van der Waals surface area (Å²) in [6, 6.07) is 4.28. The third kappa shape index (κ3) is 4.44. The lowest BCUT2D eigenvalue weighted by molar-refractivity contribution is -0.122. The zero-order valence-corrected chi connectivity index (χ0v) is 13.9. The second kappa shape index (κ2) is 6.57. The van der Waals surface area contributed by atoms with E-state index >= 15 is 0 Å². The highest BCUT2D eigenvalue weighted by molar-refractivity contribution is 7.91. The number of rotatable bonds is 4. The topological polar surface area (TPSA) is 104 Å². The van der Waals surface area contributed by atoms with E-state index in [1.165, 1.54) is 24.1 Å². The zero-order valence-electron chi connectivity index (χ0n) is 13.1. The fourth-order valence-corrected chi connectivity index (χ4v) is 4.17. The Hall–Kier alpha value is -2.09. The molecule has 0 aromatic heterocycles. The highest BCUT2D eigenvalue weighted by Crippen LogP contribution is 2.19. The Bertz CT molecular complexity index is 729. The molecule has 1 fully saturated rings. The number of phenolic OH excluding ortho intramolecular Hbond substituents is 1. The van der Waals surface area contributed by atoms with Crippen LogP contribution in [0, 0.1) is 6.92 Å². The van der Waals surface area contributed by atoms with Crippen LogP contribution in [0.15, 0.2) is 18.2 Å². The van der Waals surface area contributed by atoms with Gasteiger partial charge in [0.25, 0.3) is 5.91 Å². The molecule has 8 heteroatoms. The fraction of sp³-hybridized carbons (Fsp3) is 0.467. The van der Waals surface area contributed by atoms with Crippen LogP contribution < -0.4 is 5.32 Å². The quantitative estimate of drug-likeness (QED) is 0.808. The minimum Gasteiger partial charge on any atom is -0.507 e. The molecule has 1 heterocycles. The number of sulfone groups is 1. The maximum atomic E-state index is 12.2. The van der Waals surface area contributed by atoms with Crippen molar-refractivity contribution in [2.45, 2.75) is 19.4 Å². The molecule has 0 spiro atoms. The van der Waals surface area contributed by atoms with E-state index in [4.69, 9.17) is 0 Å². The summed E-state index contributed by atoms with van der Waals surface area (Å²) in [4.78, 5) is 25.4. The number of hydrogen-bond acceptors (Lipinski definition) is 5. The summed E-state index contributed by atoms with van der Waals surface area (Å²) >= 11 is 0. The predicted octanol–water partition coefficient (Wildman–Crippen LogP) is 0.0759. The highest BCUT2D eigenvalue weighted by Gasteiger charge is 2.29. The minimum absolute atomic E-state index is 0.0604. The highest BCUT2D eigenvalue weighted by atomic mass is 32.2. The Kier molecular flexibility index (Phi) is 4.93. The van der Waals surface area contributed by atoms with Crippen LogP contribution in [0.1, 0.15) is 22.3 Å². The van der Waals surface area contributed by atoms with E-state index in [0.717, 1.165) is 5.56 Å². The Labute approximate surface area is 135 Å². The molecule has 126 valence electrons. The number of carbonyl (C=O) groups excluding carboxylic acids is 2. The first kappa shape index (κ1) is 17.3. The van der Waals surface area contributed by atoms with Gasteiger partial charge in [0.05, 0.1) is 23.6 Å². The van der Waals surface area contributed by atoms with Crippen molar-refractivity contribution in [1.29, 1.82) is 0 Å². The van der Waals surface area contributed by atoms with Gasteiger partial charge in [-0.2, -0.15) is 0 Å². The van der Waals surface area contributed by atoms with Gasteiger partial charge in [0.15, 0.2) is 9.84 Å². The smallest absolute Gasteiger partial charge is 0.257 e. The van der Waals surface area contributed by atoms with Gasteiger partial charge < -0.3 is 15.3 Å². The molecule has 2 amide bonds. The van der Waals surface area contributed by atoms with Gasteiger partial charge >= 0.3 is 0 Å². The van der Waals surface area contributed by atoms with Gasteiger partial charge in [-0.25, -0.2) is 8.42 Å². The van der Waals surface area contributed by atoms with E-state index in [0.29, 0.717) is 6.42 Å². The van der Waals surface area contributed by atoms with Crippen molar-refractivity contribution < 1.29 is 23.1 Å². The van der Waals surface area contributed by atoms with E-state index in [1.54, 1.807) is 13.0 Å². The largest absolute Gasteiger partial charge is 0.507 e. The van der Waals surface area contributed by atoms with Crippen molar-refractivity contribution >= 4 is 21.7 Å². The molecule has 0 saturated carbocycles. The van der Waals surface area contributed by atoms with E-state index in [1.807, 2.05) is 0 Å². The number of carbonyl (C=O) groups is 2. The number of benzene rings is 1. The maximum Gasteiger partial charge on any atom is 0.257 e. The van der Waals surface area contributed by atoms with Gasteiger partial charge in [-0.05, 0) is 31.0 Å². The second-order valence-corrected chi connectivity index (χ2v) is 8.08.